The Hall–Kier alpha value is -2.71. The van der Waals surface area contributed by atoms with Gasteiger partial charge in [-0.3, -0.25) is 0 Å². The van der Waals surface area contributed by atoms with Gasteiger partial charge in [-0.05, 0) is 36.2 Å². The van der Waals surface area contributed by atoms with Crippen molar-refractivity contribution in [2.45, 2.75) is 24.4 Å². The smallest absolute Gasteiger partial charge is 0.191 e. The van der Waals surface area contributed by atoms with Crippen LogP contribution in [0.5, 0.6) is 5.75 Å². The molecule has 4 aromatic rings. The summed E-state index contributed by atoms with van der Waals surface area (Å²) in [6.45, 7) is 2.88. The third-order valence-electron chi connectivity index (χ3n) is 4.30. The molecule has 0 radical (unpaired) electrons. The standard InChI is InChI=1S/C20H19N5OS2/c1-3-25-19(18-17(21-24-28-18)15-7-5-4-6-8-15)22-23-20(25)27-13-14-9-11-16(26-2)12-10-14/h4-12H,3,13H2,1-2H3. The summed E-state index contributed by atoms with van der Waals surface area (Å²) in [5, 5.41) is 14.1. The monoisotopic (exact) mass is 409 g/mol. The van der Waals surface area contributed by atoms with Crippen molar-refractivity contribution in [3.05, 3.63) is 60.2 Å². The zero-order chi connectivity index (χ0) is 19.3. The molecule has 0 amide bonds. The molecule has 2 heterocycles. The van der Waals surface area contributed by atoms with E-state index in [9.17, 15) is 0 Å². The number of rotatable bonds is 7. The highest BCUT2D eigenvalue weighted by atomic mass is 32.2. The van der Waals surface area contributed by atoms with Crippen LogP contribution >= 0.6 is 23.3 Å². The number of hydrogen-bond acceptors (Lipinski definition) is 7. The molecule has 0 saturated heterocycles. The number of ether oxygens (including phenoxy) is 1. The molecular weight excluding hydrogens is 390 g/mol. The van der Waals surface area contributed by atoms with Crippen molar-refractivity contribution in [3.63, 3.8) is 0 Å². The maximum atomic E-state index is 5.22. The zero-order valence-corrected chi connectivity index (χ0v) is 17.2. The van der Waals surface area contributed by atoms with Gasteiger partial charge < -0.3 is 9.30 Å². The number of methoxy groups -OCH3 is 1. The molecule has 0 spiro atoms. The Morgan fingerprint density at radius 1 is 1.00 bits per heavy atom. The summed E-state index contributed by atoms with van der Waals surface area (Å²) in [7, 11) is 1.67. The van der Waals surface area contributed by atoms with Crippen LogP contribution in [0.1, 0.15) is 12.5 Å². The highest BCUT2D eigenvalue weighted by molar-refractivity contribution is 7.98. The molecule has 8 heteroatoms. The fraction of sp³-hybridized carbons (Fsp3) is 0.200. The Labute approximate surface area is 171 Å². The van der Waals surface area contributed by atoms with Gasteiger partial charge in [0.05, 0.1) is 7.11 Å². The van der Waals surface area contributed by atoms with Crippen molar-refractivity contribution in [2.75, 3.05) is 7.11 Å². The molecule has 0 aliphatic heterocycles. The first-order chi connectivity index (χ1) is 13.8. The van der Waals surface area contributed by atoms with E-state index in [0.717, 1.165) is 45.2 Å². The predicted molar refractivity (Wildman–Crippen MR) is 113 cm³/mol. The predicted octanol–water partition coefficient (Wildman–Crippen LogP) is 4.78. The molecule has 4 rings (SSSR count). The van der Waals surface area contributed by atoms with Crippen LogP contribution in [0.2, 0.25) is 0 Å². The maximum absolute atomic E-state index is 5.22. The number of hydrogen-bond donors (Lipinski definition) is 0. The minimum Gasteiger partial charge on any atom is -0.497 e. The van der Waals surface area contributed by atoms with Gasteiger partial charge in [0, 0.05) is 17.9 Å². The molecular formula is C20H19N5OS2. The molecule has 2 aromatic heterocycles. The van der Waals surface area contributed by atoms with Gasteiger partial charge in [0.1, 0.15) is 16.3 Å². The molecule has 0 saturated carbocycles. The van der Waals surface area contributed by atoms with Gasteiger partial charge in [-0.25, -0.2) is 0 Å². The molecule has 0 atom stereocenters. The summed E-state index contributed by atoms with van der Waals surface area (Å²) in [4.78, 5) is 0.942. The quantitative estimate of drug-likeness (QED) is 0.409. The first-order valence-corrected chi connectivity index (χ1v) is 10.6. The van der Waals surface area contributed by atoms with Crippen molar-refractivity contribution in [2.24, 2.45) is 0 Å². The van der Waals surface area contributed by atoms with Crippen molar-refractivity contribution in [1.82, 2.24) is 24.4 Å². The number of aromatic nitrogens is 5. The molecule has 0 N–H and O–H groups in total. The van der Waals surface area contributed by atoms with Gasteiger partial charge >= 0.3 is 0 Å². The normalized spacial score (nSPS) is 10.9. The molecule has 0 fully saturated rings. The van der Waals surface area contributed by atoms with Gasteiger partial charge in [0.2, 0.25) is 0 Å². The molecule has 0 aliphatic carbocycles. The second kappa shape index (κ2) is 8.53. The molecule has 0 bridgehead atoms. The van der Waals surface area contributed by atoms with E-state index in [2.05, 4.69) is 43.4 Å². The minimum absolute atomic E-state index is 0.777. The Balaban J connectivity index is 1.59. The van der Waals surface area contributed by atoms with E-state index in [1.165, 1.54) is 17.1 Å². The van der Waals surface area contributed by atoms with Crippen LogP contribution in [-0.2, 0) is 12.3 Å². The maximum Gasteiger partial charge on any atom is 0.191 e. The van der Waals surface area contributed by atoms with Crippen LogP contribution in [0.25, 0.3) is 22.0 Å². The van der Waals surface area contributed by atoms with Gasteiger partial charge in [-0.15, -0.1) is 15.3 Å². The van der Waals surface area contributed by atoms with Gasteiger partial charge in [-0.2, -0.15) is 0 Å². The highest BCUT2D eigenvalue weighted by Crippen LogP contribution is 2.34. The van der Waals surface area contributed by atoms with Gasteiger partial charge in [-0.1, -0.05) is 58.7 Å². The lowest BCUT2D eigenvalue weighted by atomic mass is 10.1. The van der Waals surface area contributed by atoms with Crippen LogP contribution in [0, 0.1) is 0 Å². The fourth-order valence-electron chi connectivity index (χ4n) is 2.84. The summed E-state index contributed by atoms with van der Waals surface area (Å²) < 4.78 is 11.5. The van der Waals surface area contributed by atoms with E-state index in [0.29, 0.717) is 0 Å². The minimum atomic E-state index is 0.777. The summed E-state index contributed by atoms with van der Waals surface area (Å²) >= 11 is 3.02. The lowest BCUT2D eigenvalue weighted by Crippen LogP contribution is -2.00. The van der Waals surface area contributed by atoms with E-state index in [1.807, 2.05) is 42.5 Å². The largest absolute Gasteiger partial charge is 0.497 e. The number of thioether (sulfide) groups is 1. The van der Waals surface area contributed by atoms with E-state index in [-0.39, 0.29) is 0 Å². The lowest BCUT2D eigenvalue weighted by molar-refractivity contribution is 0.414. The summed E-state index contributed by atoms with van der Waals surface area (Å²) in [6, 6.07) is 18.1. The molecule has 0 unspecified atom stereocenters. The van der Waals surface area contributed by atoms with Crippen LogP contribution in [-0.4, -0.2) is 31.5 Å². The van der Waals surface area contributed by atoms with Crippen LogP contribution in [0.15, 0.2) is 59.8 Å². The Morgan fingerprint density at radius 2 is 1.79 bits per heavy atom. The van der Waals surface area contributed by atoms with E-state index in [4.69, 9.17) is 4.74 Å². The molecule has 28 heavy (non-hydrogen) atoms. The molecule has 0 aliphatic rings. The lowest BCUT2D eigenvalue weighted by Gasteiger charge is -2.07. The molecule has 6 nitrogen and oxygen atoms in total. The van der Waals surface area contributed by atoms with E-state index >= 15 is 0 Å². The van der Waals surface area contributed by atoms with Crippen LogP contribution < -0.4 is 4.74 Å². The van der Waals surface area contributed by atoms with Gasteiger partial charge in [0.15, 0.2) is 11.0 Å². The van der Waals surface area contributed by atoms with Crippen molar-refractivity contribution >= 4 is 23.3 Å². The third kappa shape index (κ3) is 3.79. The summed E-state index contributed by atoms with van der Waals surface area (Å²) in [6.07, 6.45) is 0. The fourth-order valence-corrected chi connectivity index (χ4v) is 4.48. The third-order valence-corrected chi connectivity index (χ3v) is 6.06. The Kier molecular flexibility index (Phi) is 5.68. The number of benzene rings is 2. The SMILES string of the molecule is CCn1c(SCc2ccc(OC)cc2)nnc1-c1snnc1-c1ccccc1. The topological polar surface area (TPSA) is 65.7 Å². The highest BCUT2D eigenvalue weighted by Gasteiger charge is 2.20. The summed E-state index contributed by atoms with van der Waals surface area (Å²) in [5.74, 6) is 2.49. The Bertz CT molecular complexity index is 1040. The van der Waals surface area contributed by atoms with Crippen molar-refractivity contribution < 1.29 is 4.74 Å². The first kappa shape index (κ1) is 18.6. The molecule has 2 aromatic carbocycles. The zero-order valence-electron chi connectivity index (χ0n) is 15.6. The van der Waals surface area contributed by atoms with E-state index < -0.39 is 0 Å². The second-order valence-electron chi connectivity index (χ2n) is 6.00. The molecule has 142 valence electrons. The second-order valence-corrected chi connectivity index (χ2v) is 7.70. The Morgan fingerprint density at radius 3 is 2.50 bits per heavy atom. The average molecular weight is 410 g/mol. The van der Waals surface area contributed by atoms with Crippen molar-refractivity contribution in [3.8, 4) is 27.7 Å². The number of nitrogens with zero attached hydrogens (tertiary/aromatic N) is 5. The summed E-state index contributed by atoms with van der Waals surface area (Å²) in [5.41, 5.74) is 3.09. The van der Waals surface area contributed by atoms with Crippen molar-refractivity contribution in [1.29, 1.82) is 0 Å². The average Bonchev–Trinajstić information content (AvgIpc) is 3.39. The van der Waals surface area contributed by atoms with Gasteiger partial charge in [0.25, 0.3) is 0 Å². The van der Waals surface area contributed by atoms with Crippen LogP contribution in [0.4, 0.5) is 0 Å². The van der Waals surface area contributed by atoms with Crippen LogP contribution in [0.3, 0.4) is 0 Å². The first-order valence-electron chi connectivity index (χ1n) is 8.87. The van der Waals surface area contributed by atoms with E-state index in [1.54, 1.807) is 18.9 Å².